The van der Waals surface area contributed by atoms with Crippen LogP contribution >= 0.6 is 11.8 Å². The van der Waals surface area contributed by atoms with Gasteiger partial charge in [-0.2, -0.15) is 0 Å². The molecular weight excluding hydrogens is 396 g/mol. The molecule has 0 radical (unpaired) electrons. The number of thioether (sulfide) groups is 1. The molecule has 4 heterocycles. The molecule has 2 aromatic carbocycles. The van der Waals surface area contributed by atoms with Crippen molar-refractivity contribution in [3.8, 4) is 16.9 Å². The van der Waals surface area contributed by atoms with E-state index in [1.165, 1.54) is 10.5 Å². The molecule has 2 atom stereocenters. The van der Waals surface area contributed by atoms with E-state index < -0.39 is 0 Å². The van der Waals surface area contributed by atoms with Crippen molar-refractivity contribution < 1.29 is 14.3 Å². The Morgan fingerprint density at radius 1 is 1.13 bits per heavy atom. The first-order valence-electron chi connectivity index (χ1n) is 10.8. The third-order valence-electron chi connectivity index (χ3n) is 6.60. The molecule has 1 amide bonds. The van der Waals surface area contributed by atoms with Crippen LogP contribution in [-0.4, -0.2) is 49.6 Å². The molecular formula is C24H28N2O3S. The van der Waals surface area contributed by atoms with Crippen molar-refractivity contribution in [2.45, 2.75) is 36.3 Å². The fraction of sp³-hybridized carbons (Fsp3) is 0.458. The highest BCUT2D eigenvalue weighted by Crippen LogP contribution is 2.36. The summed E-state index contributed by atoms with van der Waals surface area (Å²) in [6, 6.07) is 14.7. The van der Waals surface area contributed by atoms with Crippen molar-refractivity contribution in [1.82, 2.24) is 10.2 Å². The van der Waals surface area contributed by atoms with Gasteiger partial charge in [0.15, 0.2) is 0 Å². The highest BCUT2D eigenvalue weighted by Gasteiger charge is 2.37. The fourth-order valence-corrected chi connectivity index (χ4v) is 5.34. The average molecular weight is 425 g/mol. The molecule has 6 heteroatoms. The lowest BCUT2D eigenvalue weighted by Gasteiger charge is -2.44. The highest BCUT2D eigenvalue weighted by atomic mass is 32.2. The molecule has 3 saturated heterocycles. The van der Waals surface area contributed by atoms with Gasteiger partial charge in [-0.25, -0.2) is 4.79 Å². The van der Waals surface area contributed by atoms with Gasteiger partial charge in [0.05, 0.1) is 12.6 Å². The monoisotopic (exact) mass is 424 g/mol. The number of ether oxygens (including phenoxy) is 2. The summed E-state index contributed by atoms with van der Waals surface area (Å²) in [5, 5.41) is 3.12. The number of fused-ring (bicyclic) bond motifs is 4. The number of alkyl carbamates (subject to hydrolysis) is 1. The van der Waals surface area contributed by atoms with Crippen LogP contribution in [0.2, 0.25) is 0 Å². The standard InChI is InChI=1S/C24H28N2O3S/c1-30-19-4-2-3-17(13-19)18-5-6-22-20(14-18)21(9-12-28-22)25-24(27)29-23-15-26-10-7-16(23)8-11-26/h2-6,13-14,16,21,23H,7-12,15H2,1H3,(H,25,27)/t21?,23-/m0/s1. The second-order valence-corrected chi connectivity index (χ2v) is 9.28. The predicted molar refractivity (Wildman–Crippen MR) is 119 cm³/mol. The maximum atomic E-state index is 12.7. The molecule has 0 aromatic heterocycles. The van der Waals surface area contributed by atoms with Crippen molar-refractivity contribution in [2.75, 3.05) is 32.5 Å². The molecule has 0 aliphatic carbocycles. The van der Waals surface area contributed by atoms with Gasteiger partial charge in [0.1, 0.15) is 11.9 Å². The zero-order chi connectivity index (χ0) is 20.5. The van der Waals surface area contributed by atoms with Crippen molar-refractivity contribution in [3.63, 3.8) is 0 Å². The number of rotatable bonds is 4. The molecule has 5 nitrogen and oxygen atoms in total. The van der Waals surface area contributed by atoms with E-state index in [0.29, 0.717) is 12.5 Å². The normalized spacial score (nSPS) is 27.1. The summed E-state index contributed by atoms with van der Waals surface area (Å²) in [4.78, 5) is 16.3. The lowest BCUT2D eigenvalue weighted by Crippen LogP contribution is -2.52. The lowest BCUT2D eigenvalue weighted by atomic mass is 9.86. The number of nitrogens with zero attached hydrogens (tertiary/aromatic N) is 1. The summed E-state index contributed by atoms with van der Waals surface area (Å²) < 4.78 is 11.7. The van der Waals surface area contributed by atoms with Crippen LogP contribution in [0.4, 0.5) is 4.79 Å². The molecule has 30 heavy (non-hydrogen) atoms. The van der Waals surface area contributed by atoms with E-state index >= 15 is 0 Å². The second-order valence-electron chi connectivity index (χ2n) is 8.40. The van der Waals surface area contributed by atoms with Crippen LogP contribution in [0.1, 0.15) is 30.9 Å². The molecule has 0 saturated carbocycles. The summed E-state index contributed by atoms with van der Waals surface area (Å²) in [7, 11) is 0. The maximum Gasteiger partial charge on any atom is 0.407 e. The minimum absolute atomic E-state index is 0.0208. The van der Waals surface area contributed by atoms with Crippen molar-refractivity contribution >= 4 is 17.9 Å². The molecule has 4 aliphatic heterocycles. The number of carbonyl (C=O) groups excluding carboxylic acids is 1. The number of hydrogen-bond acceptors (Lipinski definition) is 5. The van der Waals surface area contributed by atoms with Gasteiger partial charge < -0.3 is 14.8 Å². The summed E-state index contributed by atoms with van der Waals surface area (Å²) in [5.41, 5.74) is 3.33. The third kappa shape index (κ3) is 4.03. The molecule has 3 fully saturated rings. The van der Waals surface area contributed by atoms with Gasteiger partial charge in [0.2, 0.25) is 0 Å². The van der Waals surface area contributed by atoms with Gasteiger partial charge in [-0.05, 0) is 73.5 Å². The van der Waals surface area contributed by atoms with Crippen molar-refractivity contribution in [1.29, 1.82) is 0 Å². The quantitative estimate of drug-likeness (QED) is 0.720. The number of hydrogen-bond donors (Lipinski definition) is 1. The first-order chi connectivity index (χ1) is 14.7. The molecule has 1 unspecified atom stereocenters. The van der Waals surface area contributed by atoms with E-state index in [4.69, 9.17) is 9.47 Å². The largest absolute Gasteiger partial charge is 0.493 e. The maximum absolute atomic E-state index is 12.7. The number of nitrogens with one attached hydrogen (secondary N) is 1. The van der Waals surface area contributed by atoms with Crippen LogP contribution in [0.5, 0.6) is 5.75 Å². The Kier molecular flexibility index (Phi) is 5.61. The summed E-state index contributed by atoms with van der Waals surface area (Å²) in [6.45, 7) is 3.75. The van der Waals surface area contributed by atoms with Crippen molar-refractivity contribution in [3.05, 3.63) is 48.0 Å². The first-order valence-corrected chi connectivity index (χ1v) is 12.0. The van der Waals surface area contributed by atoms with Gasteiger partial charge in [0.25, 0.3) is 0 Å². The Hall–Kier alpha value is -2.18. The van der Waals surface area contributed by atoms with Crippen LogP contribution in [-0.2, 0) is 4.74 Å². The van der Waals surface area contributed by atoms with Crippen LogP contribution < -0.4 is 10.1 Å². The van der Waals surface area contributed by atoms with E-state index in [-0.39, 0.29) is 18.2 Å². The number of amides is 1. The third-order valence-corrected chi connectivity index (χ3v) is 7.32. The van der Waals surface area contributed by atoms with E-state index in [1.807, 2.05) is 6.07 Å². The van der Waals surface area contributed by atoms with Crippen LogP contribution in [0.15, 0.2) is 47.4 Å². The Bertz CT molecular complexity index is 926. The van der Waals surface area contributed by atoms with E-state index in [1.54, 1.807) is 11.8 Å². The average Bonchev–Trinajstić information content (AvgIpc) is 2.80. The molecule has 0 spiro atoms. The molecule has 2 aromatic rings. The van der Waals surface area contributed by atoms with Crippen molar-refractivity contribution in [2.24, 2.45) is 5.92 Å². The van der Waals surface area contributed by atoms with Gasteiger partial charge >= 0.3 is 6.09 Å². The van der Waals surface area contributed by atoms with E-state index in [2.05, 4.69) is 52.9 Å². The van der Waals surface area contributed by atoms with Gasteiger partial charge in [0, 0.05) is 23.4 Å². The number of benzene rings is 2. The van der Waals surface area contributed by atoms with Crippen LogP contribution in [0.3, 0.4) is 0 Å². The van der Waals surface area contributed by atoms with Gasteiger partial charge in [-0.3, -0.25) is 4.90 Å². The smallest absolute Gasteiger partial charge is 0.407 e. The first kappa shape index (κ1) is 19.8. The summed E-state index contributed by atoms with van der Waals surface area (Å²) in [6.07, 6.45) is 4.82. The molecule has 4 aliphatic rings. The zero-order valence-electron chi connectivity index (χ0n) is 17.3. The summed E-state index contributed by atoms with van der Waals surface area (Å²) in [5.74, 6) is 1.36. The number of piperidine rings is 3. The molecule has 1 N–H and O–H groups in total. The number of carbonyl (C=O) groups is 1. The predicted octanol–water partition coefficient (Wildman–Crippen LogP) is 4.72. The Labute approximate surface area is 182 Å². The van der Waals surface area contributed by atoms with Gasteiger partial charge in [-0.15, -0.1) is 11.8 Å². The zero-order valence-corrected chi connectivity index (χ0v) is 18.1. The van der Waals surface area contributed by atoms with E-state index in [0.717, 1.165) is 55.8 Å². The minimum Gasteiger partial charge on any atom is -0.493 e. The topological polar surface area (TPSA) is 50.8 Å². The SMILES string of the molecule is CSc1cccc(-c2ccc3c(c2)C(NC(=O)O[C@H]2CN4CCC2CC4)CCO3)c1. The molecule has 158 valence electrons. The molecule has 2 bridgehead atoms. The van der Waals surface area contributed by atoms with Gasteiger partial charge in [-0.1, -0.05) is 18.2 Å². The Balaban J connectivity index is 1.32. The highest BCUT2D eigenvalue weighted by molar-refractivity contribution is 7.98. The van der Waals surface area contributed by atoms with Crippen LogP contribution in [0.25, 0.3) is 11.1 Å². The second kappa shape index (κ2) is 8.52. The Morgan fingerprint density at radius 2 is 1.97 bits per heavy atom. The Morgan fingerprint density at radius 3 is 2.73 bits per heavy atom. The van der Waals surface area contributed by atoms with E-state index in [9.17, 15) is 4.79 Å². The minimum atomic E-state index is -0.304. The molecule has 6 rings (SSSR count). The summed E-state index contributed by atoms with van der Waals surface area (Å²) >= 11 is 1.74. The lowest BCUT2D eigenvalue weighted by molar-refractivity contribution is -0.0342. The fourth-order valence-electron chi connectivity index (χ4n) is 4.88. The van der Waals surface area contributed by atoms with Crippen LogP contribution in [0, 0.1) is 5.92 Å².